The molecule has 1 heterocycles. The summed E-state index contributed by atoms with van der Waals surface area (Å²) >= 11 is 9.44. The molecule has 2 aromatic rings. The Morgan fingerprint density at radius 1 is 1.36 bits per heavy atom. The fraction of sp³-hybridized carbons (Fsp3) is 0.100. The molecule has 0 spiro atoms. The zero-order chi connectivity index (χ0) is 10.1. The van der Waals surface area contributed by atoms with Gasteiger partial charge in [-0.05, 0) is 28.9 Å². The van der Waals surface area contributed by atoms with E-state index in [0.717, 1.165) is 21.5 Å². The number of benzene rings is 1. The van der Waals surface area contributed by atoms with E-state index in [0.29, 0.717) is 5.02 Å². The fourth-order valence-electron chi connectivity index (χ4n) is 1.18. The third kappa shape index (κ3) is 1.57. The van der Waals surface area contributed by atoms with Gasteiger partial charge in [0, 0.05) is 5.56 Å². The van der Waals surface area contributed by atoms with Crippen molar-refractivity contribution in [2.45, 2.75) is 6.92 Å². The number of aromatic nitrogens is 1. The summed E-state index contributed by atoms with van der Waals surface area (Å²) in [5, 5.41) is 4.61. The molecule has 0 aliphatic heterocycles. The third-order valence-corrected chi connectivity index (χ3v) is 3.18. The summed E-state index contributed by atoms with van der Waals surface area (Å²) in [5.74, 6) is 0.750. The quantitative estimate of drug-likeness (QED) is 0.782. The lowest BCUT2D eigenvalue weighted by atomic mass is 10.1. The van der Waals surface area contributed by atoms with Crippen LogP contribution < -0.4 is 0 Å². The SMILES string of the molecule is Cc1onc(-c2ccccc2Cl)c1Br. The minimum absolute atomic E-state index is 0.668. The van der Waals surface area contributed by atoms with E-state index in [1.807, 2.05) is 31.2 Å². The standard InChI is InChI=1S/C10H7BrClNO/c1-6-9(11)10(13-14-6)7-4-2-3-5-8(7)12/h2-5H,1H3. The largest absolute Gasteiger partial charge is 0.360 e. The van der Waals surface area contributed by atoms with Crippen molar-refractivity contribution in [1.29, 1.82) is 0 Å². The molecule has 0 fully saturated rings. The van der Waals surface area contributed by atoms with E-state index in [1.54, 1.807) is 0 Å². The number of aryl methyl sites for hydroxylation is 1. The molecule has 72 valence electrons. The summed E-state index contributed by atoms with van der Waals surface area (Å²) in [6.07, 6.45) is 0. The van der Waals surface area contributed by atoms with Crippen molar-refractivity contribution >= 4 is 27.5 Å². The summed E-state index contributed by atoms with van der Waals surface area (Å²) in [7, 11) is 0. The Bertz CT molecular complexity index is 467. The van der Waals surface area contributed by atoms with E-state index in [-0.39, 0.29) is 0 Å². The van der Waals surface area contributed by atoms with Crippen molar-refractivity contribution in [3.05, 3.63) is 39.5 Å². The zero-order valence-electron chi connectivity index (χ0n) is 7.42. The van der Waals surface area contributed by atoms with Gasteiger partial charge in [-0.2, -0.15) is 0 Å². The Morgan fingerprint density at radius 3 is 2.64 bits per heavy atom. The predicted octanol–water partition coefficient (Wildman–Crippen LogP) is 4.07. The molecule has 0 atom stereocenters. The molecule has 0 amide bonds. The van der Waals surface area contributed by atoms with Crippen LogP contribution >= 0.6 is 27.5 Å². The average Bonchev–Trinajstić information content (AvgIpc) is 2.49. The second-order valence-corrected chi connectivity index (χ2v) is 4.08. The van der Waals surface area contributed by atoms with Gasteiger partial charge in [0.05, 0.1) is 9.50 Å². The summed E-state index contributed by atoms with van der Waals surface area (Å²) in [6, 6.07) is 7.53. The second kappa shape index (κ2) is 3.75. The van der Waals surface area contributed by atoms with Crippen molar-refractivity contribution in [2.24, 2.45) is 0 Å². The summed E-state index contributed by atoms with van der Waals surface area (Å²) in [6.45, 7) is 1.84. The van der Waals surface area contributed by atoms with E-state index in [4.69, 9.17) is 16.1 Å². The van der Waals surface area contributed by atoms with Gasteiger partial charge >= 0.3 is 0 Å². The Hall–Kier alpha value is -0.800. The van der Waals surface area contributed by atoms with E-state index in [2.05, 4.69) is 21.1 Å². The molecule has 0 aliphatic carbocycles. The minimum atomic E-state index is 0.668. The Labute approximate surface area is 95.0 Å². The summed E-state index contributed by atoms with van der Waals surface area (Å²) in [5.41, 5.74) is 1.62. The number of halogens is 2. The number of rotatable bonds is 1. The molecule has 0 radical (unpaired) electrons. The number of nitrogens with zero attached hydrogens (tertiary/aromatic N) is 1. The lowest BCUT2D eigenvalue weighted by Gasteiger charge is -1.98. The fourth-order valence-corrected chi connectivity index (χ4v) is 1.77. The van der Waals surface area contributed by atoms with Crippen LogP contribution in [0.25, 0.3) is 11.3 Å². The molecule has 0 N–H and O–H groups in total. The van der Waals surface area contributed by atoms with Crippen molar-refractivity contribution in [1.82, 2.24) is 5.16 Å². The Kier molecular flexibility index (Phi) is 2.61. The van der Waals surface area contributed by atoms with Crippen LogP contribution in [0.2, 0.25) is 5.02 Å². The van der Waals surface area contributed by atoms with Crippen LogP contribution in [0, 0.1) is 6.92 Å². The predicted molar refractivity (Wildman–Crippen MR) is 59.4 cm³/mol. The van der Waals surface area contributed by atoms with Crippen LogP contribution in [0.1, 0.15) is 5.76 Å². The molecule has 14 heavy (non-hydrogen) atoms. The molecular formula is C10H7BrClNO. The van der Waals surface area contributed by atoms with Gasteiger partial charge in [0.2, 0.25) is 0 Å². The third-order valence-electron chi connectivity index (χ3n) is 1.92. The van der Waals surface area contributed by atoms with Gasteiger partial charge in [0.1, 0.15) is 11.5 Å². The van der Waals surface area contributed by atoms with Gasteiger partial charge in [0.15, 0.2) is 0 Å². The van der Waals surface area contributed by atoms with Gasteiger partial charge in [-0.3, -0.25) is 0 Å². The molecule has 0 saturated carbocycles. The molecule has 1 aromatic heterocycles. The smallest absolute Gasteiger partial charge is 0.148 e. The van der Waals surface area contributed by atoms with Crippen LogP contribution in [-0.2, 0) is 0 Å². The van der Waals surface area contributed by atoms with Crippen LogP contribution in [0.5, 0.6) is 0 Å². The maximum atomic E-state index is 6.04. The van der Waals surface area contributed by atoms with E-state index in [9.17, 15) is 0 Å². The molecular weight excluding hydrogens is 265 g/mol. The number of hydrogen-bond acceptors (Lipinski definition) is 2. The van der Waals surface area contributed by atoms with Crippen LogP contribution in [0.3, 0.4) is 0 Å². The molecule has 2 nitrogen and oxygen atoms in total. The Balaban J connectivity index is 2.60. The highest BCUT2D eigenvalue weighted by Crippen LogP contribution is 2.33. The van der Waals surface area contributed by atoms with Crippen molar-refractivity contribution in [3.63, 3.8) is 0 Å². The van der Waals surface area contributed by atoms with Crippen molar-refractivity contribution in [2.75, 3.05) is 0 Å². The lowest BCUT2D eigenvalue weighted by molar-refractivity contribution is 0.399. The first-order valence-electron chi connectivity index (χ1n) is 4.07. The highest BCUT2D eigenvalue weighted by Gasteiger charge is 2.13. The first kappa shape index (κ1) is 9.74. The van der Waals surface area contributed by atoms with Gasteiger partial charge in [-0.1, -0.05) is 35.0 Å². The maximum Gasteiger partial charge on any atom is 0.148 e. The Morgan fingerprint density at radius 2 is 2.07 bits per heavy atom. The van der Waals surface area contributed by atoms with Gasteiger partial charge in [-0.15, -0.1) is 0 Å². The average molecular weight is 273 g/mol. The van der Waals surface area contributed by atoms with Crippen LogP contribution in [0.15, 0.2) is 33.3 Å². The minimum Gasteiger partial charge on any atom is -0.360 e. The molecule has 0 saturated heterocycles. The first-order chi connectivity index (χ1) is 6.70. The van der Waals surface area contributed by atoms with Gasteiger partial charge < -0.3 is 4.52 Å². The number of hydrogen-bond donors (Lipinski definition) is 0. The van der Waals surface area contributed by atoms with Gasteiger partial charge in [0.25, 0.3) is 0 Å². The highest BCUT2D eigenvalue weighted by atomic mass is 79.9. The molecule has 4 heteroatoms. The normalized spacial score (nSPS) is 10.5. The lowest BCUT2D eigenvalue weighted by Crippen LogP contribution is -1.79. The topological polar surface area (TPSA) is 26.0 Å². The zero-order valence-corrected chi connectivity index (χ0v) is 9.76. The maximum absolute atomic E-state index is 6.04. The monoisotopic (exact) mass is 271 g/mol. The van der Waals surface area contributed by atoms with Crippen LogP contribution in [0.4, 0.5) is 0 Å². The van der Waals surface area contributed by atoms with Crippen molar-refractivity contribution in [3.8, 4) is 11.3 Å². The van der Waals surface area contributed by atoms with Gasteiger partial charge in [-0.25, -0.2) is 0 Å². The van der Waals surface area contributed by atoms with Crippen molar-refractivity contribution < 1.29 is 4.52 Å². The van der Waals surface area contributed by atoms with Crippen LogP contribution in [-0.4, -0.2) is 5.16 Å². The van der Waals surface area contributed by atoms with E-state index >= 15 is 0 Å². The molecule has 0 aliphatic rings. The molecule has 0 bridgehead atoms. The highest BCUT2D eigenvalue weighted by molar-refractivity contribution is 9.10. The summed E-state index contributed by atoms with van der Waals surface area (Å²) in [4.78, 5) is 0. The second-order valence-electron chi connectivity index (χ2n) is 2.88. The molecule has 0 unspecified atom stereocenters. The van der Waals surface area contributed by atoms with E-state index < -0.39 is 0 Å². The molecule has 1 aromatic carbocycles. The molecule has 2 rings (SSSR count). The first-order valence-corrected chi connectivity index (χ1v) is 5.24. The summed E-state index contributed by atoms with van der Waals surface area (Å²) < 4.78 is 5.90. The van der Waals surface area contributed by atoms with E-state index in [1.165, 1.54) is 0 Å².